The molecule has 0 unspecified atom stereocenters. The summed E-state index contributed by atoms with van der Waals surface area (Å²) in [7, 11) is 1.66. The largest absolute Gasteiger partial charge is 0.496 e. The van der Waals surface area contributed by atoms with Crippen molar-refractivity contribution in [1.82, 2.24) is 9.97 Å². The molecule has 0 amide bonds. The Kier molecular flexibility index (Phi) is 3.19. The van der Waals surface area contributed by atoms with Crippen LogP contribution in [0.4, 0.5) is 0 Å². The van der Waals surface area contributed by atoms with Crippen molar-refractivity contribution in [2.45, 2.75) is 6.92 Å². The molecule has 82 valence electrons. The Labute approximate surface area is 103 Å². The molecule has 0 N–H and O–H groups in total. The number of methoxy groups -OCH3 is 1. The van der Waals surface area contributed by atoms with Crippen molar-refractivity contribution in [2.24, 2.45) is 0 Å². The Morgan fingerprint density at radius 1 is 1.19 bits per heavy atom. The number of hydrogen-bond acceptors (Lipinski definition) is 3. The summed E-state index contributed by atoms with van der Waals surface area (Å²) >= 11 is 3.33. The van der Waals surface area contributed by atoms with Crippen molar-refractivity contribution in [3.05, 3.63) is 40.8 Å². The predicted octanol–water partition coefficient (Wildman–Crippen LogP) is 3.22. The van der Waals surface area contributed by atoms with Crippen LogP contribution in [-0.2, 0) is 0 Å². The Balaban J connectivity index is 2.58. The van der Waals surface area contributed by atoms with E-state index in [1.165, 1.54) is 11.9 Å². The van der Waals surface area contributed by atoms with Gasteiger partial charge in [0.1, 0.15) is 16.7 Å². The molecule has 1 heterocycles. The second-order valence-corrected chi connectivity index (χ2v) is 4.24. The molecule has 0 saturated carbocycles. The standard InChI is InChI=1S/C12H11BrN2O/c1-8-3-4-11(16-2)9(5-8)10-6-12(13)15-7-14-10/h3-7H,1-2H3. The van der Waals surface area contributed by atoms with Gasteiger partial charge in [0.15, 0.2) is 0 Å². The first-order valence-electron chi connectivity index (χ1n) is 4.83. The fourth-order valence-corrected chi connectivity index (χ4v) is 1.81. The van der Waals surface area contributed by atoms with Gasteiger partial charge in [-0.05, 0) is 41.1 Å². The van der Waals surface area contributed by atoms with Crippen LogP contribution in [0.1, 0.15) is 5.56 Å². The lowest BCUT2D eigenvalue weighted by atomic mass is 10.1. The molecule has 0 aliphatic heterocycles. The minimum Gasteiger partial charge on any atom is -0.496 e. The van der Waals surface area contributed by atoms with Crippen LogP contribution in [0.2, 0.25) is 0 Å². The van der Waals surface area contributed by atoms with Gasteiger partial charge in [0, 0.05) is 5.56 Å². The van der Waals surface area contributed by atoms with E-state index >= 15 is 0 Å². The maximum absolute atomic E-state index is 5.32. The van der Waals surface area contributed by atoms with Crippen molar-refractivity contribution in [3.63, 3.8) is 0 Å². The molecule has 0 radical (unpaired) electrons. The third-order valence-electron chi connectivity index (χ3n) is 2.26. The monoisotopic (exact) mass is 278 g/mol. The number of halogens is 1. The summed E-state index contributed by atoms with van der Waals surface area (Å²) in [4.78, 5) is 8.25. The van der Waals surface area contributed by atoms with E-state index in [-0.39, 0.29) is 0 Å². The lowest BCUT2D eigenvalue weighted by Crippen LogP contribution is -1.91. The molecule has 3 nitrogen and oxygen atoms in total. The van der Waals surface area contributed by atoms with Crippen molar-refractivity contribution in [3.8, 4) is 17.0 Å². The van der Waals surface area contributed by atoms with E-state index in [9.17, 15) is 0 Å². The molecule has 0 spiro atoms. The SMILES string of the molecule is COc1ccc(C)cc1-c1cc(Br)ncn1. The van der Waals surface area contributed by atoms with Gasteiger partial charge >= 0.3 is 0 Å². The molecule has 2 rings (SSSR count). The van der Waals surface area contributed by atoms with Crippen LogP contribution in [0.25, 0.3) is 11.3 Å². The van der Waals surface area contributed by atoms with E-state index in [1.807, 2.05) is 31.2 Å². The molecule has 0 aliphatic rings. The highest BCUT2D eigenvalue weighted by Crippen LogP contribution is 2.29. The summed E-state index contributed by atoms with van der Waals surface area (Å²) in [5.74, 6) is 0.816. The first-order valence-corrected chi connectivity index (χ1v) is 5.62. The van der Waals surface area contributed by atoms with E-state index < -0.39 is 0 Å². The van der Waals surface area contributed by atoms with Gasteiger partial charge in [0.05, 0.1) is 12.8 Å². The Hall–Kier alpha value is -1.42. The average molecular weight is 279 g/mol. The summed E-state index contributed by atoms with van der Waals surface area (Å²) in [6.45, 7) is 2.04. The van der Waals surface area contributed by atoms with Crippen molar-refractivity contribution >= 4 is 15.9 Å². The smallest absolute Gasteiger partial charge is 0.128 e. The highest BCUT2D eigenvalue weighted by Gasteiger charge is 2.07. The molecule has 16 heavy (non-hydrogen) atoms. The molecule has 0 fully saturated rings. The number of rotatable bonds is 2. The Bertz CT molecular complexity index is 514. The third-order valence-corrected chi connectivity index (χ3v) is 2.70. The number of ether oxygens (including phenoxy) is 1. The fourth-order valence-electron chi connectivity index (χ4n) is 1.50. The summed E-state index contributed by atoms with van der Waals surface area (Å²) < 4.78 is 6.08. The molecule has 0 aliphatic carbocycles. The minimum atomic E-state index is 0.765. The lowest BCUT2D eigenvalue weighted by molar-refractivity contribution is 0.416. The number of nitrogens with zero attached hydrogens (tertiary/aromatic N) is 2. The summed E-state index contributed by atoms with van der Waals surface area (Å²) in [5.41, 5.74) is 3.00. The van der Waals surface area contributed by atoms with E-state index in [1.54, 1.807) is 7.11 Å². The molecule has 2 aromatic rings. The molecule has 4 heteroatoms. The topological polar surface area (TPSA) is 35.0 Å². The second kappa shape index (κ2) is 4.61. The molecule has 0 atom stereocenters. The van der Waals surface area contributed by atoms with Gasteiger partial charge in [-0.25, -0.2) is 9.97 Å². The van der Waals surface area contributed by atoms with Gasteiger partial charge in [-0.15, -0.1) is 0 Å². The Morgan fingerprint density at radius 3 is 2.69 bits per heavy atom. The maximum Gasteiger partial charge on any atom is 0.128 e. The van der Waals surface area contributed by atoms with Gasteiger partial charge in [-0.3, -0.25) is 0 Å². The predicted molar refractivity (Wildman–Crippen MR) is 66.5 cm³/mol. The summed E-state index contributed by atoms with van der Waals surface area (Å²) in [6, 6.07) is 7.88. The third kappa shape index (κ3) is 2.22. The second-order valence-electron chi connectivity index (χ2n) is 3.43. The van der Waals surface area contributed by atoms with Gasteiger partial charge < -0.3 is 4.74 Å². The zero-order chi connectivity index (χ0) is 11.5. The zero-order valence-corrected chi connectivity index (χ0v) is 10.7. The van der Waals surface area contributed by atoms with Crippen molar-refractivity contribution in [1.29, 1.82) is 0 Å². The average Bonchev–Trinajstić information content (AvgIpc) is 2.29. The van der Waals surface area contributed by atoms with E-state index in [0.29, 0.717) is 0 Å². The zero-order valence-electron chi connectivity index (χ0n) is 9.07. The van der Waals surface area contributed by atoms with Crippen LogP contribution in [0.3, 0.4) is 0 Å². The molecule has 0 saturated heterocycles. The highest BCUT2D eigenvalue weighted by molar-refractivity contribution is 9.10. The first kappa shape index (κ1) is 11.1. The number of aromatic nitrogens is 2. The van der Waals surface area contributed by atoms with Crippen LogP contribution in [0, 0.1) is 6.92 Å². The summed E-state index contributed by atoms with van der Waals surface area (Å²) in [6.07, 6.45) is 1.53. The quantitative estimate of drug-likeness (QED) is 0.792. The normalized spacial score (nSPS) is 10.2. The van der Waals surface area contributed by atoms with Crippen LogP contribution in [0.15, 0.2) is 35.2 Å². The van der Waals surface area contributed by atoms with Crippen molar-refractivity contribution in [2.75, 3.05) is 7.11 Å². The minimum absolute atomic E-state index is 0.765. The molecular formula is C12H11BrN2O. The Morgan fingerprint density at radius 2 is 2.00 bits per heavy atom. The molecule has 1 aromatic carbocycles. The van der Waals surface area contributed by atoms with Crippen LogP contribution in [0.5, 0.6) is 5.75 Å². The van der Waals surface area contributed by atoms with Crippen LogP contribution < -0.4 is 4.74 Å². The molecule has 1 aromatic heterocycles. The summed E-state index contributed by atoms with van der Waals surface area (Å²) in [5, 5.41) is 0. The highest BCUT2D eigenvalue weighted by atomic mass is 79.9. The van der Waals surface area contributed by atoms with E-state index in [4.69, 9.17) is 4.74 Å². The van der Waals surface area contributed by atoms with E-state index in [2.05, 4.69) is 25.9 Å². The van der Waals surface area contributed by atoms with Gasteiger partial charge in [-0.1, -0.05) is 11.6 Å². The number of benzene rings is 1. The van der Waals surface area contributed by atoms with Crippen molar-refractivity contribution < 1.29 is 4.74 Å². The maximum atomic E-state index is 5.32. The molecule has 0 bridgehead atoms. The van der Waals surface area contributed by atoms with Gasteiger partial charge in [0.2, 0.25) is 0 Å². The first-order chi connectivity index (χ1) is 7.70. The van der Waals surface area contributed by atoms with Gasteiger partial charge in [0.25, 0.3) is 0 Å². The van der Waals surface area contributed by atoms with E-state index in [0.717, 1.165) is 21.6 Å². The van der Waals surface area contributed by atoms with Crippen LogP contribution >= 0.6 is 15.9 Å². The fraction of sp³-hybridized carbons (Fsp3) is 0.167. The number of aryl methyl sites for hydroxylation is 1. The van der Waals surface area contributed by atoms with Gasteiger partial charge in [-0.2, -0.15) is 0 Å². The molecular weight excluding hydrogens is 268 g/mol. The van der Waals surface area contributed by atoms with Crippen LogP contribution in [-0.4, -0.2) is 17.1 Å². The lowest BCUT2D eigenvalue weighted by Gasteiger charge is -2.08. The number of hydrogen-bond donors (Lipinski definition) is 0.